The van der Waals surface area contributed by atoms with Crippen LogP contribution in [0.2, 0.25) is 0 Å². The van der Waals surface area contributed by atoms with Gasteiger partial charge in [-0.3, -0.25) is 0 Å². The monoisotopic (exact) mass is 564 g/mol. The molecule has 0 aliphatic carbocycles. The third-order valence-corrected chi connectivity index (χ3v) is 6.31. The summed E-state index contributed by atoms with van der Waals surface area (Å²) in [5.74, 6) is 0.804. The van der Waals surface area contributed by atoms with E-state index in [9.17, 15) is 10.2 Å². The van der Waals surface area contributed by atoms with Crippen molar-refractivity contribution in [1.82, 2.24) is 9.36 Å². The lowest BCUT2D eigenvalue weighted by molar-refractivity contribution is -0.779. The van der Waals surface area contributed by atoms with Crippen LogP contribution in [-0.2, 0) is 26.2 Å². The van der Waals surface area contributed by atoms with Crippen molar-refractivity contribution in [2.24, 2.45) is 0 Å². The van der Waals surface area contributed by atoms with E-state index in [1.165, 1.54) is 25.7 Å². The van der Waals surface area contributed by atoms with Gasteiger partial charge in [0, 0.05) is 12.8 Å². The second-order valence-electron chi connectivity index (χ2n) is 8.68. The van der Waals surface area contributed by atoms with E-state index >= 15 is 0 Å². The number of phenols is 2. The highest BCUT2D eigenvalue weighted by molar-refractivity contribution is 5.85. The van der Waals surface area contributed by atoms with Crippen LogP contribution >= 0.6 is 0 Å². The summed E-state index contributed by atoms with van der Waals surface area (Å²) in [6, 6.07) is 7.96. The van der Waals surface area contributed by atoms with Crippen molar-refractivity contribution in [3.63, 3.8) is 0 Å². The number of fused-ring (bicyclic) bond motifs is 6. The SMILES string of the molecule is Cc1cc(O)c2c[n+]3n(c2c1)CCCC3.Cc1cc(O)c2c[n+]3n(c2c1)CCCC3.[Br-].[Br-]. The molecule has 2 aromatic heterocycles. The smallest absolute Gasteiger partial charge is 0.207 e. The lowest BCUT2D eigenvalue weighted by atomic mass is 10.1. The van der Waals surface area contributed by atoms with E-state index < -0.39 is 0 Å². The second-order valence-corrected chi connectivity index (χ2v) is 8.68. The van der Waals surface area contributed by atoms with Gasteiger partial charge < -0.3 is 44.2 Å². The van der Waals surface area contributed by atoms with E-state index in [0.29, 0.717) is 11.5 Å². The van der Waals surface area contributed by atoms with Crippen LogP contribution in [0.4, 0.5) is 0 Å². The standard InChI is InChI=1S/2C12H14N2O.2BrH/c2*1-9-6-11-10(12(15)7-9)8-13-4-2-3-5-14(11)13;;/h2*6-8H,2-5H2,1H3;2*1H. The van der Waals surface area contributed by atoms with Crippen LogP contribution in [0.1, 0.15) is 36.8 Å². The molecule has 0 amide bonds. The lowest BCUT2D eigenvalue weighted by Gasteiger charge is -2.08. The maximum Gasteiger partial charge on any atom is 0.207 e. The fourth-order valence-electron chi connectivity index (χ4n) is 4.86. The Balaban J connectivity index is 0.000000170. The van der Waals surface area contributed by atoms with Gasteiger partial charge in [0.2, 0.25) is 12.4 Å². The van der Waals surface area contributed by atoms with Gasteiger partial charge in [-0.2, -0.15) is 9.36 Å². The van der Waals surface area contributed by atoms with Crippen molar-refractivity contribution in [2.75, 3.05) is 0 Å². The molecular weight excluding hydrogens is 536 g/mol. The quantitative estimate of drug-likeness (QED) is 0.231. The summed E-state index contributed by atoms with van der Waals surface area (Å²) in [6.45, 7) is 8.29. The van der Waals surface area contributed by atoms with Gasteiger partial charge in [0.05, 0.1) is 13.1 Å². The molecule has 0 saturated heterocycles. The highest BCUT2D eigenvalue weighted by atomic mass is 79.9. The zero-order valence-corrected chi connectivity index (χ0v) is 21.7. The molecule has 32 heavy (non-hydrogen) atoms. The fourth-order valence-corrected chi connectivity index (χ4v) is 4.86. The maximum absolute atomic E-state index is 9.87. The molecule has 4 aromatic rings. The molecule has 0 fully saturated rings. The minimum Gasteiger partial charge on any atom is -1.00 e. The third kappa shape index (κ3) is 4.39. The second kappa shape index (κ2) is 9.83. The number of aryl methyl sites for hydroxylation is 6. The van der Waals surface area contributed by atoms with Crippen LogP contribution in [0.3, 0.4) is 0 Å². The molecule has 6 nitrogen and oxygen atoms in total. The van der Waals surface area contributed by atoms with E-state index in [1.54, 1.807) is 0 Å². The van der Waals surface area contributed by atoms with Crippen LogP contribution < -0.4 is 43.3 Å². The van der Waals surface area contributed by atoms with E-state index in [4.69, 9.17) is 0 Å². The lowest BCUT2D eigenvalue weighted by Crippen LogP contribution is -3.00. The molecule has 0 atom stereocenters. The van der Waals surface area contributed by atoms with Crippen molar-refractivity contribution >= 4 is 21.8 Å². The number of benzene rings is 2. The summed E-state index contributed by atoms with van der Waals surface area (Å²) in [6.07, 6.45) is 9.06. The molecule has 2 aromatic carbocycles. The molecule has 0 saturated carbocycles. The molecule has 0 unspecified atom stereocenters. The Labute approximate surface area is 209 Å². The summed E-state index contributed by atoms with van der Waals surface area (Å²) in [7, 11) is 0. The van der Waals surface area contributed by atoms with Gasteiger partial charge >= 0.3 is 0 Å². The number of halogens is 2. The minimum absolute atomic E-state index is 0. The number of aromatic hydroxyl groups is 2. The van der Waals surface area contributed by atoms with Crippen LogP contribution in [0, 0.1) is 13.8 Å². The number of nitrogens with zero attached hydrogens (tertiary/aromatic N) is 4. The normalized spacial score (nSPS) is 14.6. The van der Waals surface area contributed by atoms with Gasteiger partial charge in [0.25, 0.3) is 0 Å². The summed E-state index contributed by atoms with van der Waals surface area (Å²) in [4.78, 5) is 0. The van der Waals surface area contributed by atoms with Crippen molar-refractivity contribution in [2.45, 2.75) is 65.7 Å². The topological polar surface area (TPSA) is 58.1 Å². The fraction of sp³-hybridized carbons (Fsp3) is 0.417. The minimum atomic E-state index is 0. The van der Waals surface area contributed by atoms with Gasteiger partial charge in [-0.15, -0.1) is 9.36 Å². The first-order chi connectivity index (χ1) is 14.5. The highest BCUT2D eigenvalue weighted by Crippen LogP contribution is 2.27. The first-order valence-corrected chi connectivity index (χ1v) is 11.0. The molecular formula is C24H30Br2N4O2. The number of rotatable bonds is 0. The molecule has 4 heterocycles. The Morgan fingerprint density at radius 3 is 1.47 bits per heavy atom. The van der Waals surface area contributed by atoms with E-state index in [-0.39, 0.29) is 34.0 Å². The van der Waals surface area contributed by atoms with Crippen LogP contribution in [0.25, 0.3) is 21.8 Å². The third-order valence-electron chi connectivity index (χ3n) is 6.31. The van der Waals surface area contributed by atoms with Crippen LogP contribution in [0.5, 0.6) is 11.5 Å². The molecule has 0 spiro atoms. The van der Waals surface area contributed by atoms with Gasteiger partial charge in [-0.1, -0.05) is 0 Å². The molecule has 0 bridgehead atoms. The number of aromatic nitrogens is 4. The Bertz CT molecular complexity index is 1160. The number of hydrogen-bond acceptors (Lipinski definition) is 2. The van der Waals surface area contributed by atoms with Gasteiger partial charge in [-0.25, -0.2) is 0 Å². The maximum atomic E-state index is 9.87. The largest absolute Gasteiger partial charge is 1.00 e. The van der Waals surface area contributed by atoms with Gasteiger partial charge in [0.15, 0.2) is 13.1 Å². The summed E-state index contributed by atoms with van der Waals surface area (Å²) < 4.78 is 8.97. The molecule has 172 valence electrons. The van der Waals surface area contributed by atoms with E-state index in [2.05, 4.69) is 43.3 Å². The average molecular weight is 566 g/mol. The van der Waals surface area contributed by atoms with Crippen molar-refractivity contribution < 1.29 is 53.5 Å². The Hall–Kier alpha value is -2.06. The summed E-state index contributed by atoms with van der Waals surface area (Å²) in [5.41, 5.74) is 4.55. The van der Waals surface area contributed by atoms with Crippen LogP contribution in [-0.4, -0.2) is 19.6 Å². The zero-order valence-electron chi connectivity index (χ0n) is 18.6. The molecule has 2 aliphatic rings. The average Bonchev–Trinajstić information content (AvgIpc) is 3.28. The molecule has 6 rings (SSSR count). The molecule has 2 aliphatic heterocycles. The number of hydrogen-bond donors (Lipinski definition) is 2. The molecule has 8 heteroatoms. The molecule has 0 radical (unpaired) electrons. The zero-order chi connectivity index (χ0) is 20.8. The highest BCUT2D eigenvalue weighted by Gasteiger charge is 2.22. The van der Waals surface area contributed by atoms with Gasteiger partial charge in [0.1, 0.15) is 33.3 Å². The van der Waals surface area contributed by atoms with Crippen molar-refractivity contribution in [3.8, 4) is 11.5 Å². The predicted molar refractivity (Wildman–Crippen MR) is 116 cm³/mol. The summed E-state index contributed by atoms with van der Waals surface area (Å²) in [5, 5.41) is 21.7. The Kier molecular flexibility index (Phi) is 7.55. The van der Waals surface area contributed by atoms with Crippen LogP contribution in [0.15, 0.2) is 36.7 Å². The van der Waals surface area contributed by atoms with E-state index in [0.717, 1.165) is 59.1 Å². The van der Waals surface area contributed by atoms with Crippen molar-refractivity contribution in [3.05, 3.63) is 47.8 Å². The van der Waals surface area contributed by atoms with Gasteiger partial charge in [-0.05, 0) is 62.1 Å². The number of phenolic OH excluding ortho intramolecular Hbond substituents is 2. The predicted octanol–water partition coefficient (Wildman–Crippen LogP) is -2.52. The Morgan fingerprint density at radius 1 is 0.656 bits per heavy atom. The summed E-state index contributed by atoms with van der Waals surface area (Å²) >= 11 is 0. The van der Waals surface area contributed by atoms with E-state index in [1.807, 2.05) is 26.0 Å². The first kappa shape index (κ1) is 24.6. The van der Waals surface area contributed by atoms with Crippen molar-refractivity contribution in [1.29, 1.82) is 0 Å². The Morgan fingerprint density at radius 2 is 1.06 bits per heavy atom. The first-order valence-electron chi connectivity index (χ1n) is 11.0. The molecule has 2 N–H and O–H groups in total.